The van der Waals surface area contributed by atoms with E-state index >= 15 is 0 Å². The molecule has 1 aromatic carbocycles. The Morgan fingerprint density at radius 2 is 2.30 bits per heavy atom. The lowest BCUT2D eigenvalue weighted by molar-refractivity contribution is 0.0684. The lowest BCUT2D eigenvalue weighted by atomic mass is 10.1. The van der Waals surface area contributed by atoms with E-state index in [2.05, 4.69) is 17.1 Å². The highest BCUT2D eigenvalue weighted by molar-refractivity contribution is 7.99. The van der Waals surface area contributed by atoms with Crippen molar-refractivity contribution in [2.45, 2.75) is 25.4 Å². The van der Waals surface area contributed by atoms with Crippen LogP contribution in [-0.2, 0) is 11.2 Å². The number of ether oxygens (including phenoxy) is 1. The summed E-state index contributed by atoms with van der Waals surface area (Å²) in [4.78, 5) is 14.1. The van der Waals surface area contributed by atoms with E-state index in [1.54, 1.807) is 0 Å². The molecule has 1 unspecified atom stereocenters. The van der Waals surface area contributed by atoms with Gasteiger partial charge in [0.1, 0.15) is 0 Å². The number of aromatic nitrogens is 1. The molecule has 1 fully saturated rings. The van der Waals surface area contributed by atoms with Gasteiger partial charge in [-0.1, -0.05) is 17.4 Å². The minimum Gasteiger partial charge on any atom is -0.377 e. The number of benzene rings is 1. The fraction of sp³-hybridized carbons (Fsp3) is 0.500. The van der Waals surface area contributed by atoms with Crippen LogP contribution in [0.25, 0.3) is 10.2 Å². The first-order valence-electron chi connectivity index (χ1n) is 6.62. The van der Waals surface area contributed by atoms with Gasteiger partial charge in [0.2, 0.25) is 0 Å². The second-order valence-corrected chi connectivity index (χ2v) is 6.97. The quantitative estimate of drug-likeness (QED) is 0.932. The lowest BCUT2D eigenvalue weighted by Crippen LogP contribution is -2.22. The highest BCUT2D eigenvalue weighted by atomic mass is 35.5. The van der Waals surface area contributed by atoms with Crippen LogP contribution in [-0.4, -0.2) is 29.2 Å². The molecule has 2 aromatic rings. The molecule has 3 rings (SSSR count). The van der Waals surface area contributed by atoms with Crippen LogP contribution in [0.4, 0.5) is 0 Å². The standard InChI is InChI=1S/C14H17NO2S2.ClH/c16-14-15-12-5-4-10(8-13(12)19-14)2-1-3-11-9-18-7-6-17-11;/h4-5,8,11H,1-3,6-7,9H2,(H,15,16);1H. The van der Waals surface area contributed by atoms with E-state index in [0.29, 0.717) is 6.10 Å². The van der Waals surface area contributed by atoms with E-state index < -0.39 is 0 Å². The van der Waals surface area contributed by atoms with Crippen LogP contribution in [0.2, 0.25) is 0 Å². The maximum Gasteiger partial charge on any atom is 0.305 e. The fourth-order valence-electron chi connectivity index (χ4n) is 2.38. The van der Waals surface area contributed by atoms with Crippen molar-refractivity contribution < 1.29 is 4.74 Å². The van der Waals surface area contributed by atoms with E-state index in [1.807, 2.05) is 17.8 Å². The number of hydrogen-bond donors (Lipinski definition) is 1. The summed E-state index contributed by atoms with van der Waals surface area (Å²) in [5, 5.41) is 0. The molecule has 6 heteroatoms. The van der Waals surface area contributed by atoms with Crippen LogP contribution in [0.3, 0.4) is 0 Å². The monoisotopic (exact) mass is 331 g/mol. The SMILES string of the molecule is Cl.O=c1[nH]c2ccc(CCCC3CSCCO3)cc2s1. The molecule has 0 bridgehead atoms. The highest BCUT2D eigenvalue weighted by Gasteiger charge is 2.13. The van der Waals surface area contributed by atoms with Crippen LogP contribution in [0, 0.1) is 0 Å². The van der Waals surface area contributed by atoms with Crippen molar-refractivity contribution in [2.75, 3.05) is 18.1 Å². The van der Waals surface area contributed by atoms with Crippen molar-refractivity contribution in [1.29, 1.82) is 0 Å². The van der Waals surface area contributed by atoms with E-state index in [4.69, 9.17) is 4.74 Å². The van der Waals surface area contributed by atoms with Gasteiger partial charge in [-0.15, -0.1) is 12.4 Å². The van der Waals surface area contributed by atoms with Gasteiger partial charge in [0, 0.05) is 11.5 Å². The minimum absolute atomic E-state index is 0. The van der Waals surface area contributed by atoms with Crippen molar-refractivity contribution in [3.63, 3.8) is 0 Å². The van der Waals surface area contributed by atoms with Crippen molar-refractivity contribution in [2.24, 2.45) is 0 Å². The second-order valence-electron chi connectivity index (χ2n) is 4.80. The lowest BCUT2D eigenvalue weighted by Gasteiger charge is -2.22. The van der Waals surface area contributed by atoms with Crippen LogP contribution in [0.5, 0.6) is 0 Å². The first kappa shape index (κ1) is 15.9. The molecule has 0 aliphatic carbocycles. The van der Waals surface area contributed by atoms with Gasteiger partial charge in [-0.3, -0.25) is 4.79 Å². The molecule has 0 amide bonds. The third kappa shape index (κ3) is 4.01. The second kappa shape index (κ2) is 7.50. The summed E-state index contributed by atoms with van der Waals surface area (Å²) in [5.41, 5.74) is 2.26. The number of fused-ring (bicyclic) bond motifs is 1. The van der Waals surface area contributed by atoms with E-state index in [9.17, 15) is 4.79 Å². The topological polar surface area (TPSA) is 42.1 Å². The summed E-state index contributed by atoms with van der Waals surface area (Å²) in [7, 11) is 0. The number of aryl methyl sites for hydroxylation is 1. The van der Waals surface area contributed by atoms with Crippen molar-refractivity contribution in [3.05, 3.63) is 33.4 Å². The number of nitrogens with one attached hydrogen (secondary N) is 1. The molecule has 1 N–H and O–H groups in total. The Kier molecular flexibility index (Phi) is 5.96. The van der Waals surface area contributed by atoms with Gasteiger partial charge in [-0.25, -0.2) is 0 Å². The summed E-state index contributed by atoms with van der Waals surface area (Å²) in [5.74, 6) is 2.28. The summed E-state index contributed by atoms with van der Waals surface area (Å²) in [6.07, 6.45) is 3.78. The number of aromatic amines is 1. The number of hydrogen-bond acceptors (Lipinski definition) is 4. The van der Waals surface area contributed by atoms with Crippen molar-refractivity contribution in [3.8, 4) is 0 Å². The van der Waals surface area contributed by atoms with Gasteiger partial charge >= 0.3 is 4.87 Å². The van der Waals surface area contributed by atoms with Gasteiger partial charge in [-0.05, 0) is 37.0 Å². The number of H-pyrrole nitrogens is 1. The Morgan fingerprint density at radius 1 is 1.40 bits per heavy atom. The Morgan fingerprint density at radius 3 is 3.10 bits per heavy atom. The van der Waals surface area contributed by atoms with Crippen molar-refractivity contribution >= 4 is 45.7 Å². The average molecular weight is 332 g/mol. The number of thiazole rings is 1. The van der Waals surface area contributed by atoms with E-state index in [-0.39, 0.29) is 17.3 Å². The molecule has 20 heavy (non-hydrogen) atoms. The summed E-state index contributed by atoms with van der Waals surface area (Å²) >= 11 is 3.28. The predicted octanol–water partition coefficient (Wildman–Crippen LogP) is 3.47. The predicted molar refractivity (Wildman–Crippen MR) is 89.7 cm³/mol. The molecule has 3 nitrogen and oxygen atoms in total. The molecule has 1 aromatic heterocycles. The molecule has 110 valence electrons. The van der Waals surface area contributed by atoms with E-state index in [0.717, 1.165) is 47.6 Å². The average Bonchev–Trinajstić information content (AvgIpc) is 2.79. The maximum atomic E-state index is 11.3. The molecular formula is C14H18ClNO2S2. The number of halogens is 1. The first-order valence-corrected chi connectivity index (χ1v) is 8.59. The van der Waals surface area contributed by atoms with Gasteiger partial charge in [0.25, 0.3) is 0 Å². The van der Waals surface area contributed by atoms with Gasteiger partial charge in [0.05, 0.1) is 22.9 Å². The molecule has 1 aliphatic rings. The molecule has 0 radical (unpaired) electrons. The number of thioether (sulfide) groups is 1. The fourth-order valence-corrected chi connectivity index (χ4v) is 4.09. The molecule has 0 saturated carbocycles. The smallest absolute Gasteiger partial charge is 0.305 e. The van der Waals surface area contributed by atoms with Gasteiger partial charge in [-0.2, -0.15) is 11.8 Å². The molecule has 1 saturated heterocycles. The van der Waals surface area contributed by atoms with Crippen LogP contribution >= 0.6 is 35.5 Å². The molecule has 1 aliphatic heterocycles. The zero-order valence-electron chi connectivity index (χ0n) is 11.1. The molecular weight excluding hydrogens is 314 g/mol. The number of rotatable bonds is 4. The normalized spacial score (nSPS) is 18.9. The summed E-state index contributed by atoms with van der Waals surface area (Å²) in [6, 6.07) is 6.26. The molecule has 0 spiro atoms. The Bertz CT molecular complexity index is 604. The Labute approximate surface area is 132 Å². The molecule has 1 atom stereocenters. The van der Waals surface area contributed by atoms with Crippen molar-refractivity contribution in [1.82, 2.24) is 4.98 Å². The van der Waals surface area contributed by atoms with Crippen LogP contribution in [0.1, 0.15) is 18.4 Å². The largest absolute Gasteiger partial charge is 0.377 e. The Balaban J connectivity index is 0.00000147. The van der Waals surface area contributed by atoms with Crippen LogP contribution in [0.15, 0.2) is 23.0 Å². The Hall–Kier alpha value is -0.490. The summed E-state index contributed by atoms with van der Waals surface area (Å²) in [6.45, 7) is 0.901. The van der Waals surface area contributed by atoms with Gasteiger partial charge < -0.3 is 9.72 Å². The maximum absolute atomic E-state index is 11.3. The third-order valence-electron chi connectivity index (χ3n) is 3.36. The van der Waals surface area contributed by atoms with E-state index in [1.165, 1.54) is 16.9 Å². The zero-order chi connectivity index (χ0) is 13.1. The molecule has 2 heterocycles. The van der Waals surface area contributed by atoms with Gasteiger partial charge in [0.15, 0.2) is 0 Å². The minimum atomic E-state index is 0. The highest BCUT2D eigenvalue weighted by Crippen LogP contribution is 2.20. The third-order valence-corrected chi connectivity index (χ3v) is 5.27. The summed E-state index contributed by atoms with van der Waals surface area (Å²) < 4.78 is 6.79. The van der Waals surface area contributed by atoms with Crippen LogP contribution < -0.4 is 4.87 Å². The zero-order valence-corrected chi connectivity index (χ0v) is 13.5. The first-order chi connectivity index (χ1) is 9.31.